The minimum absolute atomic E-state index is 0.0814. The minimum atomic E-state index is -0.720. The number of aliphatic hydroxyl groups excluding tert-OH is 1. The van der Waals surface area contributed by atoms with E-state index in [1.165, 1.54) is 25.3 Å². The van der Waals surface area contributed by atoms with Gasteiger partial charge < -0.3 is 30.5 Å². The highest BCUT2D eigenvalue weighted by atomic mass is 19.1. The van der Waals surface area contributed by atoms with Gasteiger partial charge in [0.15, 0.2) is 0 Å². The highest BCUT2D eigenvalue weighted by Gasteiger charge is 2.35. The number of aliphatic hydroxyl groups is 1. The van der Waals surface area contributed by atoms with Crippen LogP contribution >= 0.6 is 0 Å². The molecule has 1 aromatic carbocycles. The molecular formula is C15H22FN3O4. The van der Waals surface area contributed by atoms with E-state index in [0.717, 1.165) is 0 Å². The van der Waals surface area contributed by atoms with E-state index in [4.69, 9.17) is 9.47 Å². The first-order valence-corrected chi connectivity index (χ1v) is 7.33. The summed E-state index contributed by atoms with van der Waals surface area (Å²) in [7, 11) is 1.39. The van der Waals surface area contributed by atoms with E-state index in [9.17, 15) is 14.3 Å². The number of nitrogens with one attached hydrogen (secondary N) is 3. The summed E-state index contributed by atoms with van der Waals surface area (Å²) < 4.78 is 23.6. The Morgan fingerprint density at radius 2 is 2.39 bits per heavy atom. The van der Waals surface area contributed by atoms with E-state index in [2.05, 4.69) is 16.0 Å². The topological polar surface area (TPSA) is 91.9 Å². The Labute approximate surface area is 134 Å². The number of carbonyl (C=O) groups is 1. The Morgan fingerprint density at radius 1 is 1.61 bits per heavy atom. The lowest BCUT2D eigenvalue weighted by Crippen LogP contribution is -2.65. The number of morpholine rings is 1. The molecular weight excluding hydrogens is 305 g/mol. The second kappa shape index (κ2) is 7.58. The van der Waals surface area contributed by atoms with Gasteiger partial charge in [-0.25, -0.2) is 9.18 Å². The van der Waals surface area contributed by atoms with Crippen LogP contribution in [-0.2, 0) is 4.74 Å². The highest BCUT2D eigenvalue weighted by molar-refractivity contribution is 5.90. The van der Waals surface area contributed by atoms with E-state index in [0.29, 0.717) is 18.9 Å². The average Bonchev–Trinajstić information content (AvgIpc) is 2.54. The number of amides is 2. The molecule has 0 spiro atoms. The van der Waals surface area contributed by atoms with Crippen LogP contribution in [0.1, 0.15) is 6.92 Å². The van der Waals surface area contributed by atoms with Crippen molar-refractivity contribution in [1.29, 1.82) is 0 Å². The number of carbonyl (C=O) groups excluding carboxylic acids is 1. The fraction of sp³-hybridized carbons (Fsp3) is 0.533. The van der Waals surface area contributed by atoms with E-state index in [1.54, 1.807) is 0 Å². The fourth-order valence-electron chi connectivity index (χ4n) is 2.47. The van der Waals surface area contributed by atoms with E-state index < -0.39 is 17.4 Å². The first-order chi connectivity index (χ1) is 11.0. The number of anilines is 1. The molecule has 2 atom stereocenters. The molecule has 1 aromatic rings. The van der Waals surface area contributed by atoms with E-state index in [1.807, 2.05) is 6.92 Å². The first-order valence-electron chi connectivity index (χ1n) is 7.33. The van der Waals surface area contributed by atoms with Crippen molar-refractivity contribution in [3.05, 3.63) is 24.0 Å². The van der Waals surface area contributed by atoms with Crippen LogP contribution in [0.3, 0.4) is 0 Å². The third-order valence-electron chi connectivity index (χ3n) is 3.60. The molecule has 1 fully saturated rings. The molecule has 0 bridgehead atoms. The number of hydrogen-bond acceptors (Lipinski definition) is 5. The number of rotatable bonds is 5. The van der Waals surface area contributed by atoms with Crippen LogP contribution in [0.25, 0.3) is 0 Å². The Hall–Kier alpha value is -1.90. The molecule has 8 heteroatoms. The second-order valence-electron chi connectivity index (χ2n) is 5.65. The summed E-state index contributed by atoms with van der Waals surface area (Å²) in [4.78, 5) is 12.0. The summed E-state index contributed by atoms with van der Waals surface area (Å²) >= 11 is 0. The summed E-state index contributed by atoms with van der Waals surface area (Å²) in [5.41, 5.74) is -0.368. The lowest BCUT2D eigenvalue weighted by atomic mass is 9.99. The molecule has 128 valence electrons. The van der Waals surface area contributed by atoms with E-state index >= 15 is 0 Å². The third kappa shape index (κ3) is 4.54. The molecule has 7 nitrogen and oxygen atoms in total. The van der Waals surface area contributed by atoms with Gasteiger partial charge in [-0.15, -0.1) is 0 Å². The number of hydrogen-bond donors (Lipinski definition) is 4. The van der Waals surface area contributed by atoms with Crippen molar-refractivity contribution < 1.29 is 23.8 Å². The summed E-state index contributed by atoms with van der Waals surface area (Å²) in [5.74, 6) is -0.227. The highest BCUT2D eigenvalue weighted by Crippen LogP contribution is 2.24. The molecule has 1 saturated heterocycles. The average molecular weight is 327 g/mol. The van der Waals surface area contributed by atoms with Gasteiger partial charge in [-0.05, 0) is 19.1 Å². The van der Waals surface area contributed by atoms with Crippen LogP contribution in [0, 0.1) is 5.82 Å². The van der Waals surface area contributed by atoms with Crippen LogP contribution in [-0.4, -0.2) is 56.2 Å². The van der Waals surface area contributed by atoms with Gasteiger partial charge in [0, 0.05) is 18.7 Å². The largest absolute Gasteiger partial charge is 0.494 e. The van der Waals surface area contributed by atoms with Gasteiger partial charge in [0.1, 0.15) is 11.6 Å². The quantitative estimate of drug-likeness (QED) is 0.639. The van der Waals surface area contributed by atoms with Crippen LogP contribution in [0.4, 0.5) is 14.9 Å². The monoisotopic (exact) mass is 327 g/mol. The third-order valence-corrected chi connectivity index (χ3v) is 3.60. The van der Waals surface area contributed by atoms with Crippen molar-refractivity contribution in [1.82, 2.24) is 10.6 Å². The summed E-state index contributed by atoms with van der Waals surface area (Å²) in [6, 6.07) is 3.43. The lowest BCUT2D eigenvalue weighted by molar-refractivity contribution is -0.0198. The molecule has 0 radical (unpaired) electrons. The van der Waals surface area contributed by atoms with Gasteiger partial charge in [0.05, 0.1) is 38.2 Å². The van der Waals surface area contributed by atoms with Gasteiger partial charge in [0.25, 0.3) is 0 Å². The zero-order valence-electron chi connectivity index (χ0n) is 13.2. The molecule has 1 aliphatic heterocycles. The molecule has 2 amide bonds. The van der Waals surface area contributed by atoms with Crippen LogP contribution in [0.2, 0.25) is 0 Å². The lowest BCUT2D eigenvalue weighted by Gasteiger charge is -2.39. The summed E-state index contributed by atoms with van der Waals surface area (Å²) in [5, 5.41) is 18.1. The van der Waals surface area contributed by atoms with Crippen LogP contribution < -0.4 is 20.7 Å². The number of halogens is 1. The van der Waals surface area contributed by atoms with Crippen molar-refractivity contribution >= 4 is 11.7 Å². The van der Waals surface area contributed by atoms with Crippen molar-refractivity contribution in [2.45, 2.75) is 18.5 Å². The second-order valence-corrected chi connectivity index (χ2v) is 5.65. The maximum atomic E-state index is 13.1. The summed E-state index contributed by atoms with van der Waals surface area (Å²) in [6.07, 6.45) is 0. The van der Waals surface area contributed by atoms with Crippen molar-refractivity contribution in [3.8, 4) is 5.75 Å². The smallest absolute Gasteiger partial charge is 0.319 e. The predicted octanol–water partition coefficient (Wildman–Crippen LogP) is 0.695. The molecule has 0 saturated carbocycles. The fourth-order valence-corrected chi connectivity index (χ4v) is 2.47. The zero-order valence-corrected chi connectivity index (χ0v) is 13.2. The van der Waals surface area contributed by atoms with Crippen molar-refractivity contribution in [2.24, 2.45) is 0 Å². The molecule has 2 rings (SSSR count). The number of urea groups is 1. The van der Waals surface area contributed by atoms with Crippen LogP contribution in [0.15, 0.2) is 18.2 Å². The normalized spacial score (nSPS) is 24.1. The summed E-state index contributed by atoms with van der Waals surface area (Å²) in [6.45, 7) is 2.81. The Morgan fingerprint density at radius 3 is 3.04 bits per heavy atom. The Kier molecular flexibility index (Phi) is 5.75. The Balaban J connectivity index is 1.94. The van der Waals surface area contributed by atoms with Gasteiger partial charge in [-0.2, -0.15) is 0 Å². The first kappa shape index (κ1) is 17.5. The van der Waals surface area contributed by atoms with Gasteiger partial charge in [-0.3, -0.25) is 0 Å². The molecule has 0 unspecified atom stereocenters. The van der Waals surface area contributed by atoms with Gasteiger partial charge >= 0.3 is 6.03 Å². The predicted molar refractivity (Wildman–Crippen MR) is 83.2 cm³/mol. The van der Waals surface area contributed by atoms with Crippen molar-refractivity contribution in [2.75, 3.05) is 38.8 Å². The van der Waals surface area contributed by atoms with Gasteiger partial charge in [0.2, 0.25) is 0 Å². The molecule has 1 aliphatic rings. The maximum Gasteiger partial charge on any atom is 0.319 e. The number of benzene rings is 1. The van der Waals surface area contributed by atoms with Crippen LogP contribution in [0.5, 0.6) is 5.75 Å². The van der Waals surface area contributed by atoms with Gasteiger partial charge in [-0.1, -0.05) is 0 Å². The molecule has 23 heavy (non-hydrogen) atoms. The number of ether oxygens (including phenoxy) is 2. The number of methoxy groups -OCH3 is 1. The molecule has 0 aliphatic carbocycles. The Bertz CT molecular complexity index is 558. The van der Waals surface area contributed by atoms with Crippen molar-refractivity contribution in [3.63, 3.8) is 0 Å². The standard InChI is InChI=1S/C15H22FN3O4/c1-10-6-23-9-15(8-20,19-10)7-17-14(21)18-12-4-3-11(16)5-13(12)22-2/h3-5,10,19-20H,6-9H2,1-2H3,(H2,17,18,21)/t10-,15+/m1/s1. The molecule has 1 heterocycles. The van der Waals surface area contributed by atoms with E-state index in [-0.39, 0.29) is 24.9 Å². The molecule has 4 N–H and O–H groups in total. The molecule has 0 aromatic heterocycles. The maximum absolute atomic E-state index is 13.1. The zero-order chi connectivity index (χ0) is 16.9. The SMILES string of the molecule is COc1cc(F)ccc1NC(=O)NC[C@]1(CO)COC[C@@H](C)N1. The minimum Gasteiger partial charge on any atom is -0.494 e.